The molecule has 0 unspecified atom stereocenters. The van der Waals surface area contributed by atoms with E-state index in [1.165, 1.54) is 5.56 Å². The summed E-state index contributed by atoms with van der Waals surface area (Å²) in [7, 11) is 1.73. The van der Waals surface area contributed by atoms with Crippen LogP contribution in [-0.2, 0) is 11.2 Å². The zero-order valence-electron chi connectivity index (χ0n) is 13.9. The maximum absolute atomic E-state index is 5.59. The summed E-state index contributed by atoms with van der Waals surface area (Å²) in [6.45, 7) is 9.46. The van der Waals surface area contributed by atoms with Gasteiger partial charge in [-0.1, -0.05) is 12.1 Å². The van der Waals surface area contributed by atoms with E-state index in [1.54, 1.807) is 7.11 Å². The smallest absolute Gasteiger partial charge is 0.119 e. The Hall–Kier alpha value is -1.06. The van der Waals surface area contributed by atoms with E-state index < -0.39 is 0 Å². The van der Waals surface area contributed by atoms with Crippen molar-refractivity contribution in [1.82, 2.24) is 5.32 Å². The molecule has 2 rings (SSSR count). The monoisotopic (exact) mass is 291 g/mol. The van der Waals surface area contributed by atoms with Crippen LogP contribution in [0.1, 0.15) is 39.2 Å². The van der Waals surface area contributed by atoms with E-state index in [4.69, 9.17) is 9.47 Å². The first-order valence-electron chi connectivity index (χ1n) is 7.88. The molecule has 1 aromatic carbocycles. The Bertz CT molecular complexity index is 445. The van der Waals surface area contributed by atoms with Gasteiger partial charge in [0.1, 0.15) is 5.75 Å². The molecule has 0 amide bonds. The number of rotatable bonds is 5. The van der Waals surface area contributed by atoms with Crippen LogP contribution in [0.4, 0.5) is 0 Å². The van der Waals surface area contributed by atoms with E-state index in [0.717, 1.165) is 44.8 Å². The minimum Gasteiger partial charge on any atom is -0.497 e. The average molecular weight is 291 g/mol. The molecule has 118 valence electrons. The molecule has 0 radical (unpaired) electrons. The molecule has 1 aromatic rings. The second-order valence-corrected chi connectivity index (χ2v) is 7.24. The summed E-state index contributed by atoms with van der Waals surface area (Å²) in [4.78, 5) is 0. The largest absolute Gasteiger partial charge is 0.497 e. The van der Waals surface area contributed by atoms with Gasteiger partial charge in [-0.15, -0.1) is 0 Å². The molecule has 1 aliphatic rings. The lowest BCUT2D eigenvalue weighted by Gasteiger charge is -2.40. The topological polar surface area (TPSA) is 30.5 Å². The van der Waals surface area contributed by atoms with Gasteiger partial charge in [-0.2, -0.15) is 0 Å². The fourth-order valence-electron chi connectivity index (χ4n) is 2.89. The molecular formula is C18H29NO2. The third-order valence-corrected chi connectivity index (χ3v) is 4.26. The standard InChI is InChI=1S/C18H29NO2/c1-17(2,3)19-14-18(8-10-21-11-9-18)13-15-6-5-7-16(12-15)20-4/h5-7,12,19H,8-11,13-14H2,1-4H3. The molecule has 3 heteroatoms. The first-order chi connectivity index (χ1) is 9.92. The van der Waals surface area contributed by atoms with Crippen LogP contribution >= 0.6 is 0 Å². The van der Waals surface area contributed by atoms with Crippen LogP contribution in [0.5, 0.6) is 5.75 Å². The third kappa shape index (κ3) is 5.01. The van der Waals surface area contributed by atoms with Gasteiger partial charge < -0.3 is 14.8 Å². The molecule has 1 heterocycles. The molecule has 1 aliphatic heterocycles. The van der Waals surface area contributed by atoms with Gasteiger partial charge in [0.2, 0.25) is 0 Å². The number of hydrogen-bond donors (Lipinski definition) is 1. The maximum Gasteiger partial charge on any atom is 0.119 e. The van der Waals surface area contributed by atoms with Gasteiger partial charge >= 0.3 is 0 Å². The number of ether oxygens (including phenoxy) is 2. The van der Waals surface area contributed by atoms with Crippen molar-refractivity contribution in [1.29, 1.82) is 0 Å². The molecular weight excluding hydrogens is 262 g/mol. The van der Waals surface area contributed by atoms with Gasteiger partial charge in [-0.25, -0.2) is 0 Å². The summed E-state index contributed by atoms with van der Waals surface area (Å²) < 4.78 is 10.9. The van der Waals surface area contributed by atoms with Crippen molar-refractivity contribution < 1.29 is 9.47 Å². The Labute approximate surface area is 129 Å². The van der Waals surface area contributed by atoms with E-state index in [9.17, 15) is 0 Å². The molecule has 0 bridgehead atoms. The number of methoxy groups -OCH3 is 1. The summed E-state index contributed by atoms with van der Waals surface area (Å²) in [5.74, 6) is 0.943. The van der Waals surface area contributed by atoms with Gasteiger partial charge in [0.25, 0.3) is 0 Å². The first-order valence-corrected chi connectivity index (χ1v) is 7.88. The Morgan fingerprint density at radius 2 is 1.95 bits per heavy atom. The fraction of sp³-hybridized carbons (Fsp3) is 0.667. The van der Waals surface area contributed by atoms with Gasteiger partial charge in [0.15, 0.2) is 0 Å². The highest BCUT2D eigenvalue weighted by atomic mass is 16.5. The predicted octanol–water partition coefficient (Wildman–Crippen LogP) is 3.42. The molecule has 1 saturated heterocycles. The Morgan fingerprint density at radius 1 is 1.24 bits per heavy atom. The zero-order chi connectivity index (χ0) is 15.3. The highest BCUT2D eigenvalue weighted by Gasteiger charge is 2.33. The molecule has 0 aliphatic carbocycles. The second kappa shape index (κ2) is 6.80. The van der Waals surface area contributed by atoms with Crippen molar-refractivity contribution in [3.8, 4) is 5.75 Å². The van der Waals surface area contributed by atoms with Gasteiger partial charge in [-0.05, 0) is 63.1 Å². The molecule has 1 fully saturated rings. The highest BCUT2D eigenvalue weighted by Crippen LogP contribution is 2.35. The lowest BCUT2D eigenvalue weighted by molar-refractivity contribution is 0.0121. The number of hydrogen-bond acceptors (Lipinski definition) is 3. The van der Waals surface area contributed by atoms with Crippen molar-refractivity contribution in [2.75, 3.05) is 26.9 Å². The van der Waals surface area contributed by atoms with Crippen molar-refractivity contribution in [2.45, 2.75) is 45.6 Å². The Morgan fingerprint density at radius 3 is 2.57 bits per heavy atom. The van der Waals surface area contributed by atoms with Crippen molar-refractivity contribution in [3.63, 3.8) is 0 Å². The van der Waals surface area contributed by atoms with Crippen LogP contribution in [-0.4, -0.2) is 32.4 Å². The van der Waals surface area contributed by atoms with E-state index in [-0.39, 0.29) is 11.0 Å². The van der Waals surface area contributed by atoms with Crippen molar-refractivity contribution >= 4 is 0 Å². The zero-order valence-corrected chi connectivity index (χ0v) is 13.9. The van der Waals surface area contributed by atoms with Crippen LogP contribution in [0, 0.1) is 5.41 Å². The Balaban J connectivity index is 2.11. The summed E-state index contributed by atoms with van der Waals surface area (Å²) in [5, 5.41) is 3.69. The third-order valence-electron chi connectivity index (χ3n) is 4.26. The molecule has 3 nitrogen and oxygen atoms in total. The van der Waals surface area contributed by atoms with Gasteiger partial charge in [0, 0.05) is 25.3 Å². The molecule has 0 spiro atoms. The maximum atomic E-state index is 5.59. The van der Waals surface area contributed by atoms with E-state index in [2.05, 4.69) is 44.3 Å². The van der Waals surface area contributed by atoms with E-state index >= 15 is 0 Å². The normalized spacial score (nSPS) is 18.5. The van der Waals surface area contributed by atoms with E-state index in [0.29, 0.717) is 0 Å². The van der Waals surface area contributed by atoms with Crippen LogP contribution in [0.15, 0.2) is 24.3 Å². The molecule has 0 atom stereocenters. The van der Waals surface area contributed by atoms with Crippen LogP contribution in [0.3, 0.4) is 0 Å². The predicted molar refractivity (Wildman–Crippen MR) is 86.9 cm³/mol. The summed E-state index contributed by atoms with van der Waals surface area (Å²) >= 11 is 0. The number of nitrogens with one attached hydrogen (secondary N) is 1. The average Bonchev–Trinajstić information content (AvgIpc) is 2.46. The minimum absolute atomic E-state index is 0.152. The minimum atomic E-state index is 0.152. The molecule has 1 N–H and O–H groups in total. The Kier molecular flexibility index (Phi) is 5.28. The highest BCUT2D eigenvalue weighted by molar-refractivity contribution is 5.29. The van der Waals surface area contributed by atoms with Crippen LogP contribution in [0.2, 0.25) is 0 Å². The summed E-state index contributed by atoms with van der Waals surface area (Å²) in [5.41, 5.74) is 1.80. The second-order valence-electron chi connectivity index (χ2n) is 7.24. The van der Waals surface area contributed by atoms with Crippen molar-refractivity contribution in [3.05, 3.63) is 29.8 Å². The van der Waals surface area contributed by atoms with Crippen LogP contribution < -0.4 is 10.1 Å². The van der Waals surface area contributed by atoms with Crippen LogP contribution in [0.25, 0.3) is 0 Å². The molecule has 0 saturated carbocycles. The summed E-state index contributed by atoms with van der Waals surface area (Å²) in [6.07, 6.45) is 3.32. The summed E-state index contributed by atoms with van der Waals surface area (Å²) in [6, 6.07) is 8.46. The molecule has 21 heavy (non-hydrogen) atoms. The number of benzene rings is 1. The quantitative estimate of drug-likeness (QED) is 0.901. The first kappa shape index (κ1) is 16.3. The van der Waals surface area contributed by atoms with E-state index in [1.807, 2.05) is 6.07 Å². The fourth-order valence-corrected chi connectivity index (χ4v) is 2.89. The van der Waals surface area contributed by atoms with Crippen molar-refractivity contribution in [2.24, 2.45) is 5.41 Å². The lowest BCUT2D eigenvalue weighted by atomic mass is 9.74. The molecule has 0 aromatic heterocycles. The SMILES string of the molecule is COc1cccc(CC2(CNC(C)(C)C)CCOCC2)c1. The van der Waals surface area contributed by atoms with Gasteiger partial charge in [-0.3, -0.25) is 0 Å². The van der Waals surface area contributed by atoms with Gasteiger partial charge in [0.05, 0.1) is 7.11 Å². The lowest BCUT2D eigenvalue weighted by Crippen LogP contribution is -2.47.